The summed E-state index contributed by atoms with van der Waals surface area (Å²) in [5.41, 5.74) is 7.24. The molecule has 20 heavy (non-hydrogen) atoms. The van der Waals surface area contributed by atoms with Gasteiger partial charge in [0.05, 0.1) is 29.1 Å². The maximum absolute atomic E-state index is 11.0. The zero-order chi connectivity index (χ0) is 14.7. The third-order valence-electron chi connectivity index (χ3n) is 2.77. The Bertz CT molecular complexity index is 659. The summed E-state index contributed by atoms with van der Waals surface area (Å²) in [6.07, 6.45) is 0. The Labute approximate surface area is 120 Å². The monoisotopic (exact) mass is 292 g/mol. The van der Waals surface area contributed by atoms with E-state index in [0.29, 0.717) is 22.1 Å². The van der Waals surface area contributed by atoms with Gasteiger partial charge >= 0.3 is 5.97 Å². The Balaban J connectivity index is 2.33. The molecule has 0 atom stereocenters. The van der Waals surface area contributed by atoms with Crippen LogP contribution in [0.15, 0.2) is 36.4 Å². The number of carboxylic acid groups (broad SMARTS) is 1. The second kappa shape index (κ2) is 5.71. The largest absolute Gasteiger partial charge is 0.495 e. The van der Waals surface area contributed by atoms with E-state index >= 15 is 0 Å². The predicted octanol–water partition coefficient (Wildman–Crippen LogP) is 3.37. The van der Waals surface area contributed by atoms with Gasteiger partial charge in [-0.15, -0.1) is 0 Å². The van der Waals surface area contributed by atoms with Crippen molar-refractivity contribution in [1.29, 1.82) is 0 Å². The van der Waals surface area contributed by atoms with E-state index in [1.807, 2.05) is 0 Å². The first-order valence-corrected chi connectivity index (χ1v) is 6.13. The molecule has 2 rings (SSSR count). The van der Waals surface area contributed by atoms with Gasteiger partial charge in [0.1, 0.15) is 5.75 Å². The van der Waals surface area contributed by atoms with Crippen LogP contribution >= 0.6 is 11.6 Å². The van der Waals surface area contributed by atoms with Crippen molar-refractivity contribution in [3.8, 4) is 5.75 Å². The Morgan fingerprint density at radius 1 is 1.35 bits per heavy atom. The lowest BCUT2D eigenvalue weighted by molar-refractivity contribution is 0.0698. The maximum atomic E-state index is 11.0. The highest BCUT2D eigenvalue weighted by Crippen LogP contribution is 2.31. The third-order valence-corrected chi connectivity index (χ3v) is 3.06. The molecule has 6 heteroatoms. The Hall–Kier alpha value is -2.40. The molecule has 4 N–H and O–H groups in total. The molecule has 0 aliphatic carbocycles. The SMILES string of the molecule is COc1ccc(Nc2cccc(C(=O)O)c2N)cc1Cl. The van der Waals surface area contributed by atoms with E-state index in [1.54, 1.807) is 30.3 Å². The molecule has 0 saturated heterocycles. The van der Waals surface area contributed by atoms with Crippen molar-refractivity contribution >= 4 is 34.6 Å². The summed E-state index contributed by atoms with van der Waals surface area (Å²) in [5.74, 6) is -0.511. The number of para-hydroxylation sites is 1. The van der Waals surface area contributed by atoms with Crippen molar-refractivity contribution in [1.82, 2.24) is 0 Å². The molecular weight excluding hydrogens is 280 g/mol. The zero-order valence-electron chi connectivity index (χ0n) is 10.7. The summed E-state index contributed by atoms with van der Waals surface area (Å²) in [7, 11) is 1.53. The second-order valence-electron chi connectivity index (χ2n) is 4.05. The average molecular weight is 293 g/mol. The highest BCUT2D eigenvalue weighted by molar-refractivity contribution is 6.32. The minimum atomic E-state index is -1.07. The number of aromatic carboxylic acids is 1. The second-order valence-corrected chi connectivity index (χ2v) is 4.45. The van der Waals surface area contributed by atoms with Crippen molar-refractivity contribution in [3.63, 3.8) is 0 Å². The number of anilines is 3. The lowest BCUT2D eigenvalue weighted by atomic mass is 10.1. The van der Waals surface area contributed by atoms with Crippen LogP contribution in [0.4, 0.5) is 17.1 Å². The molecule has 5 nitrogen and oxygen atoms in total. The molecule has 0 heterocycles. The first-order valence-electron chi connectivity index (χ1n) is 5.75. The van der Waals surface area contributed by atoms with Gasteiger partial charge in [-0.2, -0.15) is 0 Å². The third kappa shape index (κ3) is 2.78. The standard InChI is InChI=1S/C14H13ClN2O3/c1-20-12-6-5-8(7-10(12)15)17-11-4-2-3-9(13(11)16)14(18)19/h2-7,17H,16H2,1H3,(H,18,19). The van der Waals surface area contributed by atoms with Gasteiger partial charge in [0.2, 0.25) is 0 Å². The number of methoxy groups -OCH3 is 1. The number of ether oxygens (including phenoxy) is 1. The van der Waals surface area contributed by atoms with E-state index in [0.717, 1.165) is 0 Å². The zero-order valence-corrected chi connectivity index (χ0v) is 11.4. The summed E-state index contributed by atoms with van der Waals surface area (Å²) in [4.78, 5) is 11.0. The van der Waals surface area contributed by atoms with Crippen LogP contribution in [0, 0.1) is 0 Å². The number of hydrogen-bond acceptors (Lipinski definition) is 4. The van der Waals surface area contributed by atoms with E-state index in [4.69, 9.17) is 27.2 Å². The number of halogens is 1. The van der Waals surface area contributed by atoms with Crippen molar-refractivity contribution in [2.24, 2.45) is 0 Å². The van der Waals surface area contributed by atoms with Crippen LogP contribution in [0.5, 0.6) is 5.75 Å². The van der Waals surface area contributed by atoms with Crippen LogP contribution < -0.4 is 15.8 Å². The van der Waals surface area contributed by atoms with Gasteiger partial charge in [-0.1, -0.05) is 17.7 Å². The number of benzene rings is 2. The van der Waals surface area contributed by atoms with E-state index in [2.05, 4.69) is 5.32 Å². The molecule has 0 aromatic heterocycles. The molecular formula is C14H13ClN2O3. The van der Waals surface area contributed by atoms with Gasteiger partial charge in [-0.25, -0.2) is 4.79 Å². The predicted molar refractivity (Wildman–Crippen MR) is 79.1 cm³/mol. The lowest BCUT2D eigenvalue weighted by Crippen LogP contribution is -2.05. The fourth-order valence-electron chi connectivity index (χ4n) is 1.76. The molecule has 0 bridgehead atoms. The summed E-state index contributed by atoms with van der Waals surface area (Å²) in [6.45, 7) is 0. The number of rotatable bonds is 4. The van der Waals surface area contributed by atoms with Gasteiger partial charge in [0.25, 0.3) is 0 Å². The van der Waals surface area contributed by atoms with E-state index in [9.17, 15) is 4.79 Å². The first-order chi connectivity index (χ1) is 9.52. The fourth-order valence-corrected chi connectivity index (χ4v) is 2.02. The van der Waals surface area contributed by atoms with Gasteiger partial charge in [-0.3, -0.25) is 0 Å². The van der Waals surface area contributed by atoms with Gasteiger partial charge in [0.15, 0.2) is 0 Å². The minimum Gasteiger partial charge on any atom is -0.495 e. The molecule has 2 aromatic rings. The number of carboxylic acids is 1. The maximum Gasteiger partial charge on any atom is 0.337 e. The summed E-state index contributed by atoms with van der Waals surface area (Å²) < 4.78 is 5.06. The summed E-state index contributed by atoms with van der Waals surface area (Å²) in [5, 5.41) is 12.5. The highest BCUT2D eigenvalue weighted by atomic mass is 35.5. The molecule has 104 valence electrons. The van der Waals surface area contributed by atoms with E-state index in [-0.39, 0.29) is 11.3 Å². The topological polar surface area (TPSA) is 84.6 Å². The van der Waals surface area contributed by atoms with Crippen LogP contribution in [0.1, 0.15) is 10.4 Å². The Kier molecular flexibility index (Phi) is 4.00. The molecule has 2 aromatic carbocycles. The van der Waals surface area contributed by atoms with Crippen LogP contribution in [0.25, 0.3) is 0 Å². The normalized spacial score (nSPS) is 10.1. The molecule has 0 amide bonds. The van der Waals surface area contributed by atoms with Gasteiger partial charge < -0.3 is 20.9 Å². The Morgan fingerprint density at radius 3 is 2.70 bits per heavy atom. The molecule has 0 unspecified atom stereocenters. The summed E-state index contributed by atoms with van der Waals surface area (Å²) in [6, 6.07) is 9.91. The first kappa shape index (κ1) is 14.0. The summed E-state index contributed by atoms with van der Waals surface area (Å²) >= 11 is 6.03. The van der Waals surface area contributed by atoms with Crippen LogP contribution in [-0.2, 0) is 0 Å². The van der Waals surface area contributed by atoms with Crippen LogP contribution in [0.3, 0.4) is 0 Å². The highest BCUT2D eigenvalue weighted by Gasteiger charge is 2.11. The van der Waals surface area contributed by atoms with Crippen LogP contribution in [-0.4, -0.2) is 18.2 Å². The number of nitrogen functional groups attached to an aromatic ring is 1. The van der Waals surface area contributed by atoms with Crippen molar-refractivity contribution in [2.45, 2.75) is 0 Å². The molecule has 0 fully saturated rings. The molecule has 0 radical (unpaired) electrons. The fraction of sp³-hybridized carbons (Fsp3) is 0.0714. The average Bonchev–Trinajstić information content (AvgIpc) is 2.41. The molecule has 0 aliphatic heterocycles. The minimum absolute atomic E-state index is 0.0506. The van der Waals surface area contributed by atoms with Crippen molar-refractivity contribution in [2.75, 3.05) is 18.2 Å². The molecule has 0 spiro atoms. The number of hydrogen-bond donors (Lipinski definition) is 3. The van der Waals surface area contributed by atoms with Crippen LogP contribution in [0.2, 0.25) is 5.02 Å². The number of nitrogens with one attached hydrogen (secondary N) is 1. The molecule has 0 saturated carbocycles. The number of carbonyl (C=O) groups is 1. The molecule has 0 aliphatic rings. The quantitative estimate of drug-likeness (QED) is 0.752. The van der Waals surface area contributed by atoms with E-state index in [1.165, 1.54) is 13.2 Å². The lowest BCUT2D eigenvalue weighted by Gasteiger charge is -2.12. The van der Waals surface area contributed by atoms with Gasteiger partial charge in [0, 0.05) is 5.69 Å². The van der Waals surface area contributed by atoms with Crippen molar-refractivity contribution in [3.05, 3.63) is 47.0 Å². The Morgan fingerprint density at radius 2 is 2.10 bits per heavy atom. The van der Waals surface area contributed by atoms with E-state index < -0.39 is 5.97 Å². The van der Waals surface area contributed by atoms with Crippen molar-refractivity contribution < 1.29 is 14.6 Å². The number of nitrogens with two attached hydrogens (primary N) is 1. The smallest absolute Gasteiger partial charge is 0.337 e. The van der Waals surface area contributed by atoms with Gasteiger partial charge in [-0.05, 0) is 30.3 Å².